The van der Waals surface area contributed by atoms with Crippen LogP contribution in [0, 0.1) is 0 Å². The Balaban J connectivity index is 2.36. The Hall–Kier alpha value is -1.53. The Morgan fingerprint density at radius 1 is 1.26 bits per heavy atom. The van der Waals surface area contributed by atoms with Gasteiger partial charge in [-0.1, -0.05) is 11.6 Å². The van der Waals surface area contributed by atoms with Gasteiger partial charge in [-0.05, 0) is 28.1 Å². The van der Waals surface area contributed by atoms with Crippen LogP contribution in [-0.2, 0) is 0 Å². The molecule has 19 heavy (non-hydrogen) atoms. The molecule has 1 aromatic carbocycles. The minimum atomic E-state index is 0.581. The number of rotatable bonds is 4. The van der Waals surface area contributed by atoms with Crippen LogP contribution < -0.4 is 15.4 Å². The lowest BCUT2D eigenvalue weighted by atomic mass is 10.3. The van der Waals surface area contributed by atoms with E-state index in [4.69, 9.17) is 16.3 Å². The van der Waals surface area contributed by atoms with Gasteiger partial charge in [0.05, 0.1) is 17.8 Å². The molecule has 0 saturated carbocycles. The number of aromatic nitrogens is 2. The molecule has 0 spiro atoms. The van der Waals surface area contributed by atoms with E-state index < -0.39 is 0 Å². The maximum atomic E-state index is 6.14. The standard InChI is InChI=1S/C12H12BrClN4O/c1-15-11-10(13)12(17-6-16-11)18-9-5-7(19-2)3-4-8(9)14/h3-6H,1-2H3,(H2,15,16,17,18). The molecule has 0 unspecified atom stereocenters. The highest BCUT2D eigenvalue weighted by atomic mass is 79.9. The zero-order chi connectivity index (χ0) is 13.8. The van der Waals surface area contributed by atoms with E-state index in [-0.39, 0.29) is 0 Å². The summed E-state index contributed by atoms with van der Waals surface area (Å²) in [5.74, 6) is 2.02. The van der Waals surface area contributed by atoms with E-state index in [2.05, 4.69) is 36.5 Å². The highest BCUT2D eigenvalue weighted by molar-refractivity contribution is 9.10. The van der Waals surface area contributed by atoms with E-state index >= 15 is 0 Å². The van der Waals surface area contributed by atoms with E-state index in [9.17, 15) is 0 Å². The topological polar surface area (TPSA) is 59.1 Å². The number of hydrogen-bond acceptors (Lipinski definition) is 5. The van der Waals surface area contributed by atoms with Crippen LogP contribution in [0.1, 0.15) is 0 Å². The minimum Gasteiger partial charge on any atom is -0.497 e. The van der Waals surface area contributed by atoms with Gasteiger partial charge >= 0.3 is 0 Å². The first-order valence-electron chi connectivity index (χ1n) is 5.44. The second kappa shape index (κ2) is 6.08. The summed E-state index contributed by atoms with van der Waals surface area (Å²) in [6, 6.07) is 5.36. The minimum absolute atomic E-state index is 0.581. The van der Waals surface area contributed by atoms with Gasteiger partial charge in [-0.25, -0.2) is 9.97 Å². The van der Waals surface area contributed by atoms with Crippen LogP contribution in [0.4, 0.5) is 17.3 Å². The van der Waals surface area contributed by atoms with Gasteiger partial charge in [-0.15, -0.1) is 0 Å². The van der Waals surface area contributed by atoms with Crippen molar-refractivity contribution >= 4 is 44.9 Å². The third-order valence-electron chi connectivity index (χ3n) is 2.45. The van der Waals surface area contributed by atoms with Gasteiger partial charge in [0.25, 0.3) is 0 Å². The Bertz CT molecular complexity index is 594. The highest BCUT2D eigenvalue weighted by Gasteiger charge is 2.10. The number of halogens is 2. The van der Waals surface area contributed by atoms with E-state index in [1.165, 1.54) is 6.33 Å². The molecule has 0 saturated heterocycles. The van der Waals surface area contributed by atoms with Crippen molar-refractivity contribution in [1.82, 2.24) is 9.97 Å². The Labute approximate surface area is 124 Å². The van der Waals surface area contributed by atoms with Crippen molar-refractivity contribution in [3.8, 4) is 5.75 Å². The summed E-state index contributed by atoms with van der Waals surface area (Å²) in [7, 11) is 3.39. The van der Waals surface area contributed by atoms with Gasteiger partial charge < -0.3 is 15.4 Å². The molecule has 1 heterocycles. The maximum Gasteiger partial charge on any atom is 0.150 e. The van der Waals surface area contributed by atoms with E-state index in [1.807, 2.05) is 0 Å². The molecule has 0 radical (unpaired) electrons. The molecule has 2 N–H and O–H groups in total. The van der Waals surface area contributed by atoms with Crippen molar-refractivity contribution < 1.29 is 4.74 Å². The van der Waals surface area contributed by atoms with Crippen LogP contribution >= 0.6 is 27.5 Å². The average molecular weight is 344 g/mol. The number of methoxy groups -OCH3 is 1. The molecule has 0 atom stereocenters. The zero-order valence-electron chi connectivity index (χ0n) is 10.4. The van der Waals surface area contributed by atoms with E-state index in [0.29, 0.717) is 28.1 Å². The lowest BCUT2D eigenvalue weighted by molar-refractivity contribution is 0.415. The Morgan fingerprint density at radius 3 is 2.68 bits per heavy atom. The van der Waals surface area contributed by atoms with Gasteiger partial charge in [0.15, 0.2) is 0 Å². The molecule has 5 nitrogen and oxygen atoms in total. The predicted octanol–water partition coefficient (Wildman–Crippen LogP) is 3.69. The summed E-state index contributed by atoms with van der Waals surface area (Å²) in [5, 5.41) is 6.68. The predicted molar refractivity (Wildman–Crippen MR) is 80.6 cm³/mol. The molecule has 0 aliphatic carbocycles. The van der Waals surface area contributed by atoms with Crippen LogP contribution in [0.15, 0.2) is 29.0 Å². The fraction of sp³-hybridized carbons (Fsp3) is 0.167. The Morgan fingerprint density at radius 2 is 2.00 bits per heavy atom. The largest absolute Gasteiger partial charge is 0.497 e. The normalized spacial score (nSPS) is 10.1. The number of anilines is 3. The molecule has 0 fully saturated rings. The first-order chi connectivity index (χ1) is 9.15. The molecule has 0 aliphatic rings. The summed E-state index contributed by atoms with van der Waals surface area (Å²) in [4.78, 5) is 8.26. The van der Waals surface area contributed by atoms with Crippen LogP contribution in [0.25, 0.3) is 0 Å². The fourth-order valence-electron chi connectivity index (χ4n) is 1.49. The van der Waals surface area contributed by atoms with Crippen molar-refractivity contribution in [3.05, 3.63) is 34.0 Å². The van der Waals surface area contributed by atoms with Crippen molar-refractivity contribution in [2.45, 2.75) is 0 Å². The molecular formula is C12H12BrClN4O. The number of nitrogens with one attached hydrogen (secondary N) is 2. The Kier molecular flexibility index (Phi) is 4.44. The molecule has 1 aromatic heterocycles. The molecule has 7 heteroatoms. The smallest absolute Gasteiger partial charge is 0.150 e. The molecule has 2 rings (SSSR count). The van der Waals surface area contributed by atoms with Crippen molar-refractivity contribution in [1.29, 1.82) is 0 Å². The summed E-state index contributed by atoms with van der Waals surface area (Å²) < 4.78 is 5.90. The maximum absolute atomic E-state index is 6.14. The van der Waals surface area contributed by atoms with Gasteiger partial charge in [0.1, 0.15) is 28.2 Å². The van der Waals surface area contributed by atoms with Crippen LogP contribution in [0.3, 0.4) is 0 Å². The van der Waals surface area contributed by atoms with Crippen molar-refractivity contribution in [3.63, 3.8) is 0 Å². The first-order valence-corrected chi connectivity index (χ1v) is 6.61. The summed E-state index contributed by atoms with van der Waals surface area (Å²) in [6.07, 6.45) is 1.47. The van der Waals surface area contributed by atoms with Crippen LogP contribution in [-0.4, -0.2) is 24.1 Å². The third-order valence-corrected chi connectivity index (χ3v) is 3.53. The van der Waals surface area contributed by atoms with Crippen molar-refractivity contribution in [2.75, 3.05) is 24.8 Å². The fourth-order valence-corrected chi connectivity index (χ4v) is 2.15. The summed E-state index contributed by atoms with van der Waals surface area (Å²) in [5.41, 5.74) is 0.711. The van der Waals surface area contributed by atoms with Crippen LogP contribution in [0.5, 0.6) is 5.75 Å². The number of benzene rings is 1. The molecule has 0 amide bonds. The zero-order valence-corrected chi connectivity index (χ0v) is 12.7. The quantitative estimate of drug-likeness (QED) is 0.886. The molecule has 0 aliphatic heterocycles. The summed E-state index contributed by atoms with van der Waals surface area (Å²) in [6.45, 7) is 0. The average Bonchev–Trinajstić information content (AvgIpc) is 2.43. The second-order valence-electron chi connectivity index (χ2n) is 3.61. The molecule has 100 valence electrons. The molecule has 0 bridgehead atoms. The van der Waals surface area contributed by atoms with E-state index in [0.717, 1.165) is 4.47 Å². The van der Waals surface area contributed by atoms with Gasteiger partial charge in [0.2, 0.25) is 0 Å². The summed E-state index contributed by atoms with van der Waals surface area (Å²) >= 11 is 9.57. The molecular weight excluding hydrogens is 332 g/mol. The van der Waals surface area contributed by atoms with Crippen molar-refractivity contribution in [2.24, 2.45) is 0 Å². The number of nitrogens with zero attached hydrogens (tertiary/aromatic N) is 2. The monoisotopic (exact) mass is 342 g/mol. The third kappa shape index (κ3) is 3.08. The molecule has 2 aromatic rings. The van der Waals surface area contributed by atoms with Gasteiger partial charge in [-0.2, -0.15) is 0 Å². The lowest BCUT2D eigenvalue weighted by Crippen LogP contribution is -2.01. The van der Waals surface area contributed by atoms with Crippen LogP contribution in [0.2, 0.25) is 5.02 Å². The number of hydrogen-bond donors (Lipinski definition) is 2. The van der Waals surface area contributed by atoms with Gasteiger partial charge in [0, 0.05) is 13.1 Å². The number of ether oxygens (including phenoxy) is 1. The first kappa shape index (κ1) is 13.9. The highest BCUT2D eigenvalue weighted by Crippen LogP contribution is 2.33. The SMILES string of the molecule is CNc1ncnc(Nc2cc(OC)ccc2Cl)c1Br. The lowest BCUT2D eigenvalue weighted by Gasteiger charge is -2.12. The second-order valence-corrected chi connectivity index (χ2v) is 4.81. The van der Waals surface area contributed by atoms with Gasteiger partial charge in [-0.3, -0.25) is 0 Å². The van der Waals surface area contributed by atoms with E-state index in [1.54, 1.807) is 32.4 Å².